The number of rotatable bonds is 6. The van der Waals surface area contributed by atoms with E-state index >= 15 is 0 Å². The van der Waals surface area contributed by atoms with E-state index in [2.05, 4.69) is 47.2 Å². The van der Waals surface area contributed by atoms with Crippen LogP contribution >= 0.6 is 27.3 Å². The Morgan fingerprint density at radius 3 is 2.73 bits per heavy atom. The van der Waals surface area contributed by atoms with Gasteiger partial charge in [-0.25, -0.2) is 0 Å². The number of methoxy groups -OCH3 is 1. The predicted molar refractivity (Wildman–Crippen MR) is 69.5 cm³/mol. The maximum absolute atomic E-state index is 5.17. The second-order valence-corrected chi connectivity index (χ2v) is 6.09. The Kier molecular flexibility index (Phi) is 5.82. The van der Waals surface area contributed by atoms with Crippen molar-refractivity contribution in [3.05, 3.63) is 20.8 Å². The van der Waals surface area contributed by atoms with Gasteiger partial charge in [-0.2, -0.15) is 0 Å². The summed E-state index contributed by atoms with van der Waals surface area (Å²) in [6, 6.07) is 5.08. The maximum atomic E-state index is 5.17. The fourth-order valence-corrected chi connectivity index (χ4v) is 2.92. The molecule has 86 valence electrons. The SMILES string of the molecule is CC[C@H](COC)N[C@@H](C)c1ccc(Br)s1. The molecule has 15 heavy (non-hydrogen) atoms. The van der Waals surface area contributed by atoms with E-state index in [0.29, 0.717) is 12.1 Å². The molecule has 0 unspecified atom stereocenters. The van der Waals surface area contributed by atoms with Crippen LogP contribution in [0.4, 0.5) is 0 Å². The van der Waals surface area contributed by atoms with Crippen molar-refractivity contribution in [1.29, 1.82) is 0 Å². The summed E-state index contributed by atoms with van der Waals surface area (Å²) in [5.74, 6) is 0. The molecule has 0 spiro atoms. The normalized spacial score (nSPS) is 15.2. The first-order valence-corrected chi connectivity index (χ1v) is 6.78. The van der Waals surface area contributed by atoms with Crippen LogP contribution in [0.15, 0.2) is 15.9 Å². The zero-order valence-corrected chi connectivity index (χ0v) is 11.8. The summed E-state index contributed by atoms with van der Waals surface area (Å²) in [6.07, 6.45) is 1.09. The number of hydrogen-bond acceptors (Lipinski definition) is 3. The van der Waals surface area contributed by atoms with Crippen molar-refractivity contribution in [3.8, 4) is 0 Å². The van der Waals surface area contributed by atoms with E-state index in [0.717, 1.165) is 13.0 Å². The van der Waals surface area contributed by atoms with Crippen molar-refractivity contribution < 1.29 is 4.74 Å². The Morgan fingerprint density at radius 1 is 1.53 bits per heavy atom. The summed E-state index contributed by atoms with van der Waals surface area (Å²) in [5.41, 5.74) is 0. The minimum absolute atomic E-state index is 0.390. The minimum Gasteiger partial charge on any atom is -0.383 e. The summed E-state index contributed by atoms with van der Waals surface area (Å²) < 4.78 is 6.35. The first-order chi connectivity index (χ1) is 7.17. The Balaban J connectivity index is 2.50. The van der Waals surface area contributed by atoms with Crippen LogP contribution in [0.1, 0.15) is 31.2 Å². The van der Waals surface area contributed by atoms with Crippen molar-refractivity contribution in [1.82, 2.24) is 5.32 Å². The van der Waals surface area contributed by atoms with Gasteiger partial charge in [0.2, 0.25) is 0 Å². The van der Waals surface area contributed by atoms with E-state index in [9.17, 15) is 0 Å². The van der Waals surface area contributed by atoms with E-state index in [1.807, 2.05) is 0 Å². The van der Waals surface area contributed by atoms with Gasteiger partial charge in [0.15, 0.2) is 0 Å². The molecule has 1 aromatic rings. The Morgan fingerprint density at radius 2 is 2.27 bits per heavy atom. The van der Waals surface area contributed by atoms with Gasteiger partial charge >= 0.3 is 0 Å². The van der Waals surface area contributed by atoms with Gasteiger partial charge in [0.05, 0.1) is 10.4 Å². The molecule has 1 heterocycles. The Labute approximate surface area is 104 Å². The highest BCUT2D eigenvalue weighted by Gasteiger charge is 2.12. The molecule has 0 fully saturated rings. The van der Waals surface area contributed by atoms with Crippen LogP contribution in [-0.2, 0) is 4.74 Å². The third-order valence-corrected chi connectivity index (χ3v) is 4.17. The fourth-order valence-electron chi connectivity index (χ4n) is 1.48. The Hall–Kier alpha value is 0.1000. The van der Waals surface area contributed by atoms with Crippen LogP contribution in [0.2, 0.25) is 0 Å². The third kappa shape index (κ3) is 4.23. The van der Waals surface area contributed by atoms with Crippen LogP contribution in [-0.4, -0.2) is 19.8 Å². The van der Waals surface area contributed by atoms with Crippen LogP contribution in [0, 0.1) is 0 Å². The van der Waals surface area contributed by atoms with Gasteiger partial charge in [0, 0.05) is 24.1 Å². The lowest BCUT2D eigenvalue weighted by Gasteiger charge is -2.20. The molecule has 0 saturated heterocycles. The number of hydrogen-bond donors (Lipinski definition) is 1. The molecule has 0 bridgehead atoms. The van der Waals surface area contributed by atoms with Gasteiger partial charge in [0.25, 0.3) is 0 Å². The van der Waals surface area contributed by atoms with E-state index in [1.54, 1.807) is 18.4 Å². The number of halogens is 1. The molecule has 0 aliphatic rings. The molecule has 1 rings (SSSR count). The second kappa shape index (κ2) is 6.63. The lowest BCUT2D eigenvalue weighted by molar-refractivity contribution is 0.160. The molecule has 0 amide bonds. The van der Waals surface area contributed by atoms with Crippen LogP contribution in [0.25, 0.3) is 0 Å². The van der Waals surface area contributed by atoms with Crippen molar-refractivity contribution in [2.24, 2.45) is 0 Å². The lowest BCUT2D eigenvalue weighted by atomic mass is 10.2. The smallest absolute Gasteiger partial charge is 0.0701 e. The van der Waals surface area contributed by atoms with Gasteiger partial charge in [0.1, 0.15) is 0 Å². The largest absolute Gasteiger partial charge is 0.383 e. The highest BCUT2D eigenvalue weighted by atomic mass is 79.9. The molecule has 0 aromatic carbocycles. The van der Waals surface area contributed by atoms with Crippen molar-refractivity contribution in [2.75, 3.05) is 13.7 Å². The molecular formula is C11H18BrNOS. The summed E-state index contributed by atoms with van der Waals surface area (Å²) in [5, 5.41) is 3.56. The minimum atomic E-state index is 0.390. The number of nitrogens with one attached hydrogen (secondary N) is 1. The molecule has 0 saturated carbocycles. The average molecular weight is 292 g/mol. The van der Waals surface area contributed by atoms with E-state index in [-0.39, 0.29) is 0 Å². The molecule has 0 aliphatic heterocycles. The molecule has 2 nitrogen and oxygen atoms in total. The summed E-state index contributed by atoms with van der Waals surface area (Å²) in [6.45, 7) is 5.14. The van der Waals surface area contributed by atoms with Gasteiger partial charge in [-0.15, -0.1) is 11.3 Å². The zero-order chi connectivity index (χ0) is 11.3. The molecule has 1 N–H and O–H groups in total. The van der Waals surface area contributed by atoms with Crippen molar-refractivity contribution >= 4 is 27.3 Å². The standard InChI is InChI=1S/C11H18BrNOS/c1-4-9(7-14-3)13-8(2)10-5-6-11(12)15-10/h5-6,8-9,13H,4,7H2,1-3H3/t8-,9+/m0/s1. The molecular weight excluding hydrogens is 274 g/mol. The fraction of sp³-hybridized carbons (Fsp3) is 0.636. The third-order valence-electron chi connectivity index (χ3n) is 2.37. The van der Waals surface area contributed by atoms with Crippen molar-refractivity contribution in [3.63, 3.8) is 0 Å². The molecule has 4 heteroatoms. The monoisotopic (exact) mass is 291 g/mol. The molecule has 0 aliphatic carbocycles. The van der Waals surface area contributed by atoms with Gasteiger partial charge in [-0.05, 0) is 41.4 Å². The van der Waals surface area contributed by atoms with Gasteiger partial charge < -0.3 is 10.1 Å². The van der Waals surface area contributed by atoms with Gasteiger partial charge in [-0.3, -0.25) is 0 Å². The predicted octanol–water partition coefficient (Wildman–Crippen LogP) is 3.59. The molecule has 2 atom stereocenters. The van der Waals surface area contributed by atoms with Crippen LogP contribution in [0.3, 0.4) is 0 Å². The summed E-state index contributed by atoms with van der Waals surface area (Å²) >= 11 is 5.26. The van der Waals surface area contributed by atoms with E-state index < -0.39 is 0 Å². The summed E-state index contributed by atoms with van der Waals surface area (Å²) in [4.78, 5) is 1.36. The first kappa shape index (κ1) is 13.2. The first-order valence-electron chi connectivity index (χ1n) is 5.17. The molecule has 0 radical (unpaired) electrons. The van der Waals surface area contributed by atoms with Crippen LogP contribution in [0.5, 0.6) is 0 Å². The van der Waals surface area contributed by atoms with E-state index in [1.165, 1.54) is 8.66 Å². The van der Waals surface area contributed by atoms with Crippen molar-refractivity contribution in [2.45, 2.75) is 32.4 Å². The average Bonchev–Trinajstić information content (AvgIpc) is 2.64. The quantitative estimate of drug-likeness (QED) is 0.865. The zero-order valence-electron chi connectivity index (χ0n) is 9.42. The maximum Gasteiger partial charge on any atom is 0.0701 e. The highest BCUT2D eigenvalue weighted by molar-refractivity contribution is 9.11. The topological polar surface area (TPSA) is 21.3 Å². The van der Waals surface area contributed by atoms with Crippen LogP contribution < -0.4 is 5.32 Å². The summed E-state index contributed by atoms with van der Waals surface area (Å²) in [7, 11) is 1.75. The Bertz CT molecular complexity index is 290. The molecule has 1 aromatic heterocycles. The highest BCUT2D eigenvalue weighted by Crippen LogP contribution is 2.27. The second-order valence-electron chi connectivity index (χ2n) is 3.59. The van der Waals surface area contributed by atoms with Gasteiger partial charge in [-0.1, -0.05) is 6.92 Å². The van der Waals surface area contributed by atoms with E-state index in [4.69, 9.17) is 4.74 Å². The number of ether oxygens (including phenoxy) is 1. The number of thiophene rings is 1. The lowest BCUT2D eigenvalue weighted by Crippen LogP contribution is -2.34.